The van der Waals surface area contributed by atoms with Crippen molar-refractivity contribution in [2.75, 3.05) is 18.4 Å². The number of aldehydes is 1. The molecule has 1 aliphatic heterocycles. The molecule has 2 unspecified atom stereocenters. The van der Waals surface area contributed by atoms with Crippen LogP contribution in [0.4, 0.5) is 10.1 Å². The van der Waals surface area contributed by atoms with Crippen LogP contribution in [-0.2, 0) is 16.0 Å². The number of carbonyl (C=O) groups is 2. The molecule has 30 heavy (non-hydrogen) atoms. The van der Waals surface area contributed by atoms with Crippen LogP contribution in [0.3, 0.4) is 0 Å². The lowest BCUT2D eigenvalue weighted by Crippen LogP contribution is -2.17. The fraction of sp³-hybridized carbons (Fsp3) is 0.391. The summed E-state index contributed by atoms with van der Waals surface area (Å²) < 4.78 is 28.0. The Balaban J connectivity index is 1.63. The van der Waals surface area contributed by atoms with E-state index in [4.69, 9.17) is 9.47 Å². The van der Waals surface area contributed by atoms with Crippen LogP contribution < -0.4 is 9.46 Å². The monoisotopic (exact) mass is 429 g/mol. The summed E-state index contributed by atoms with van der Waals surface area (Å²) in [6.07, 6.45) is 2.36. The molecule has 0 bridgehead atoms. The molecule has 1 aliphatic carbocycles. The second kappa shape index (κ2) is 7.95. The largest absolute Gasteiger partial charge is 0.492 e. The smallest absolute Gasteiger partial charge is 0.343 e. The van der Waals surface area contributed by atoms with Gasteiger partial charge in [0.1, 0.15) is 23.4 Å². The highest BCUT2D eigenvalue weighted by Gasteiger charge is 2.45. The van der Waals surface area contributed by atoms with Crippen molar-refractivity contribution in [3.8, 4) is 5.75 Å². The van der Waals surface area contributed by atoms with Crippen LogP contribution in [-0.4, -0.2) is 26.0 Å². The van der Waals surface area contributed by atoms with Gasteiger partial charge in [-0.05, 0) is 66.1 Å². The van der Waals surface area contributed by atoms with Gasteiger partial charge in [0.15, 0.2) is 0 Å². The predicted octanol–water partition coefficient (Wildman–Crippen LogP) is 5.00. The molecular formula is C23H24FNO4S. The van der Waals surface area contributed by atoms with E-state index >= 15 is 0 Å². The summed E-state index contributed by atoms with van der Waals surface area (Å²) >= 11 is 1.27. The van der Waals surface area contributed by atoms with Crippen molar-refractivity contribution in [1.82, 2.24) is 0 Å². The van der Waals surface area contributed by atoms with Crippen LogP contribution in [0.5, 0.6) is 5.75 Å². The Labute approximate surface area is 179 Å². The number of halogens is 1. The number of rotatable bonds is 7. The summed E-state index contributed by atoms with van der Waals surface area (Å²) in [5, 5.41) is 0. The van der Waals surface area contributed by atoms with Gasteiger partial charge < -0.3 is 19.0 Å². The van der Waals surface area contributed by atoms with Gasteiger partial charge in [-0.25, -0.2) is 9.18 Å². The molecule has 5 nitrogen and oxygen atoms in total. The van der Waals surface area contributed by atoms with Gasteiger partial charge in [0.25, 0.3) is 0 Å². The summed E-state index contributed by atoms with van der Waals surface area (Å²) in [5.74, 6) is 0.766. The van der Waals surface area contributed by atoms with E-state index in [1.165, 1.54) is 31.2 Å². The number of hydrogen-bond acceptors (Lipinski definition) is 6. The summed E-state index contributed by atoms with van der Waals surface area (Å²) in [6.45, 7) is 4.24. The van der Waals surface area contributed by atoms with Crippen molar-refractivity contribution in [3.63, 3.8) is 0 Å². The van der Waals surface area contributed by atoms with Crippen LogP contribution in [0, 0.1) is 17.2 Å². The number of carbonyl (C=O) groups excluding carboxylic acids is 2. The van der Waals surface area contributed by atoms with Crippen molar-refractivity contribution in [2.45, 2.75) is 37.5 Å². The molecule has 2 aliphatic rings. The molecule has 1 heterocycles. The molecule has 2 aromatic carbocycles. The Bertz CT molecular complexity index is 1010. The molecule has 0 spiro atoms. The number of benzene rings is 2. The maximum atomic E-state index is 13.8. The van der Waals surface area contributed by atoms with Gasteiger partial charge in [-0.1, -0.05) is 19.9 Å². The third-order valence-electron chi connectivity index (χ3n) is 5.60. The van der Waals surface area contributed by atoms with Gasteiger partial charge in [-0.2, -0.15) is 0 Å². The molecule has 0 aromatic heterocycles. The zero-order chi connectivity index (χ0) is 21.5. The molecule has 1 saturated carbocycles. The third kappa shape index (κ3) is 4.03. The Morgan fingerprint density at radius 3 is 2.90 bits per heavy atom. The Kier molecular flexibility index (Phi) is 5.49. The van der Waals surface area contributed by atoms with Crippen LogP contribution >= 0.6 is 11.9 Å². The predicted molar refractivity (Wildman–Crippen MR) is 114 cm³/mol. The van der Waals surface area contributed by atoms with Crippen molar-refractivity contribution in [3.05, 3.63) is 52.8 Å². The van der Waals surface area contributed by atoms with Gasteiger partial charge in [-0.15, -0.1) is 0 Å². The van der Waals surface area contributed by atoms with Crippen LogP contribution in [0.2, 0.25) is 0 Å². The van der Waals surface area contributed by atoms with Gasteiger partial charge in [-0.3, -0.25) is 0 Å². The highest BCUT2D eigenvalue weighted by Crippen LogP contribution is 2.55. The maximum absolute atomic E-state index is 13.8. The van der Waals surface area contributed by atoms with Crippen molar-refractivity contribution in [2.24, 2.45) is 11.3 Å². The molecule has 2 aromatic rings. The van der Waals surface area contributed by atoms with E-state index in [2.05, 4.69) is 4.72 Å². The summed E-state index contributed by atoms with van der Waals surface area (Å²) in [6, 6.07) is 8.35. The molecule has 2 atom stereocenters. The minimum Gasteiger partial charge on any atom is -0.492 e. The second-order valence-corrected chi connectivity index (χ2v) is 9.40. The summed E-state index contributed by atoms with van der Waals surface area (Å²) in [7, 11) is 1.35. The molecule has 0 radical (unpaired) electrons. The Hall–Kier alpha value is -2.54. The summed E-state index contributed by atoms with van der Waals surface area (Å²) in [5.41, 5.74) is 2.12. The molecule has 4 rings (SSSR count). The number of esters is 1. The van der Waals surface area contributed by atoms with E-state index in [9.17, 15) is 14.0 Å². The number of hydrogen-bond donors (Lipinski definition) is 1. The fourth-order valence-electron chi connectivity index (χ4n) is 3.87. The summed E-state index contributed by atoms with van der Waals surface area (Å²) in [4.78, 5) is 24.7. The molecule has 158 valence electrons. The average molecular weight is 430 g/mol. The number of fused-ring (bicyclic) bond motifs is 3. The molecular weight excluding hydrogens is 405 g/mol. The van der Waals surface area contributed by atoms with Crippen molar-refractivity contribution in [1.29, 1.82) is 0 Å². The molecule has 0 saturated heterocycles. The van der Waals surface area contributed by atoms with Gasteiger partial charge in [0.05, 0.1) is 19.4 Å². The van der Waals surface area contributed by atoms with Gasteiger partial charge in [0, 0.05) is 16.2 Å². The zero-order valence-corrected chi connectivity index (χ0v) is 18.0. The highest BCUT2D eigenvalue weighted by molar-refractivity contribution is 8.00. The van der Waals surface area contributed by atoms with E-state index < -0.39 is 11.4 Å². The lowest BCUT2D eigenvalue weighted by atomic mass is 9.87. The minimum absolute atomic E-state index is 0.354. The number of nitrogens with one attached hydrogen (secondary N) is 1. The lowest BCUT2D eigenvalue weighted by molar-refractivity contribution is -0.114. The fourth-order valence-corrected chi connectivity index (χ4v) is 4.66. The molecule has 1 N–H and O–H groups in total. The highest BCUT2D eigenvalue weighted by atomic mass is 32.2. The van der Waals surface area contributed by atoms with E-state index in [0.29, 0.717) is 41.9 Å². The van der Waals surface area contributed by atoms with E-state index in [1.54, 1.807) is 6.07 Å². The second-order valence-electron chi connectivity index (χ2n) is 8.55. The lowest BCUT2D eigenvalue weighted by Gasteiger charge is -2.22. The zero-order valence-electron chi connectivity index (χ0n) is 17.2. The average Bonchev–Trinajstić information content (AvgIpc) is 3.52. The first-order valence-electron chi connectivity index (χ1n) is 9.88. The van der Waals surface area contributed by atoms with E-state index in [0.717, 1.165) is 28.7 Å². The van der Waals surface area contributed by atoms with Crippen LogP contribution in [0.25, 0.3) is 0 Å². The first-order chi connectivity index (χ1) is 14.3. The Morgan fingerprint density at radius 1 is 1.37 bits per heavy atom. The third-order valence-corrected chi connectivity index (χ3v) is 6.54. The normalized spacial score (nSPS) is 19.2. The molecule has 0 amide bonds. The number of methoxy groups -OCH3 is 1. The number of ether oxygens (including phenoxy) is 2. The SMILES string of the molecule is COC(=O)c1c(NSc2ccc(F)cc2CC(C)(C)C=O)ccc2c1OCC1CC21. The van der Waals surface area contributed by atoms with Crippen molar-refractivity contribution < 1.29 is 23.5 Å². The van der Waals surface area contributed by atoms with Crippen LogP contribution in [0.1, 0.15) is 47.7 Å². The van der Waals surface area contributed by atoms with Gasteiger partial charge in [0.2, 0.25) is 0 Å². The first-order valence-corrected chi connectivity index (χ1v) is 10.7. The number of anilines is 1. The van der Waals surface area contributed by atoms with Gasteiger partial charge >= 0.3 is 5.97 Å². The van der Waals surface area contributed by atoms with E-state index in [-0.39, 0.29) is 5.82 Å². The van der Waals surface area contributed by atoms with Crippen molar-refractivity contribution >= 4 is 29.9 Å². The first kappa shape index (κ1) is 20.7. The molecule has 7 heteroatoms. The van der Waals surface area contributed by atoms with E-state index in [1.807, 2.05) is 26.0 Å². The minimum atomic E-state index is -0.610. The Morgan fingerprint density at radius 2 is 2.17 bits per heavy atom. The van der Waals surface area contributed by atoms with Crippen LogP contribution in [0.15, 0.2) is 35.2 Å². The topological polar surface area (TPSA) is 64.6 Å². The quantitative estimate of drug-likeness (QED) is 0.380. The standard InChI is InChI=1S/C23H24FNO4S/c1-23(2,12-26)10-13-8-15(24)4-7-19(13)30-25-18-6-5-16-17-9-14(17)11-29-21(16)20(18)22(27)28-3/h4-8,12,14,17,25H,9-11H2,1-3H3. The maximum Gasteiger partial charge on any atom is 0.343 e. The molecule has 1 fully saturated rings.